The van der Waals surface area contributed by atoms with E-state index in [1.54, 1.807) is 0 Å². The first-order valence-corrected chi connectivity index (χ1v) is 15.4. The lowest BCUT2D eigenvalue weighted by molar-refractivity contribution is 0.691. The maximum atomic E-state index is 5.39. The lowest BCUT2D eigenvalue weighted by Crippen LogP contribution is -2.21. The van der Waals surface area contributed by atoms with Crippen molar-refractivity contribution in [2.24, 2.45) is 10.9 Å². The van der Waals surface area contributed by atoms with E-state index in [0.29, 0.717) is 5.92 Å². The fraction of sp³-hybridized carbons (Fsp3) is 0.139. The van der Waals surface area contributed by atoms with Gasteiger partial charge in [-0.15, -0.1) is 0 Å². The maximum Gasteiger partial charge on any atom is 0.0665 e. The van der Waals surface area contributed by atoms with Gasteiger partial charge in [0, 0.05) is 19.3 Å². The van der Waals surface area contributed by atoms with Gasteiger partial charge in [-0.25, -0.2) is 0 Å². The zero-order valence-corrected chi connectivity index (χ0v) is 23.4. The van der Waals surface area contributed by atoms with Gasteiger partial charge in [-0.05, 0) is 77.8 Å². The molecule has 3 heteroatoms. The van der Waals surface area contributed by atoms with Crippen LogP contribution in [-0.4, -0.2) is 12.4 Å². The van der Waals surface area contributed by atoms with Crippen molar-refractivity contribution in [3.8, 4) is 11.1 Å². The molecule has 1 heterocycles. The van der Waals surface area contributed by atoms with Crippen molar-refractivity contribution in [1.29, 1.82) is 0 Å². The van der Waals surface area contributed by atoms with Gasteiger partial charge in [0.15, 0.2) is 0 Å². The molecule has 0 N–H and O–H groups in total. The number of hydrogen-bond donors (Lipinski definition) is 0. The van der Waals surface area contributed by atoms with Crippen LogP contribution in [-0.2, 0) is 6.42 Å². The predicted molar refractivity (Wildman–Crippen MR) is 170 cm³/mol. The van der Waals surface area contributed by atoms with Crippen LogP contribution in [0.3, 0.4) is 0 Å². The highest BCUT2D eigenvalue weighted by molar-refractivity contribution is 7.66. The van der Waals surface area contributed by atoms with Crippen molar-refractivity contribution in [1.82, 2.24) is 0 Å². The summed E-state index contributed by atoms with van der Waals surface area (Å²) in [6.07, 6.45) is 2.13. The third kappa shape index (κ3) is 5.31. The van der Waals surface area contributed by atoms with Crippen LogP contribution in [0.4, 0.5) is 17.1 Å². The fourth-order valence-electron chi connectivity index (χ4n) is 5.44. The molecule has 5 aromatic rings. The van der Waals surface area contributed by atoms with E-state index < -0.39 is 8.07 Å². The highest BCUT2D eigenvalue weighted by atomic mass is 31.1. The lowest BCUT2D eigenvalue weighted by atomic mass is 9.90. The summed E-state index contributed by atoms with van der Waals surface area (Å²) in [6.45, 7) is 4.70. The Hall–Kier alpha value is -4.00. The number of nitrogens with zero attached hydrogens (tertiary/aromatic N) is 2. The Kier molecular flexibility index (Phi) is 7.39. The summed E-state index contributed by atoms with van der Waals surface area (Å²) in [5.41, 5.74) is 9.67. The summed E-state index contributed by atoms with van der Waals surface area (Å²) in [5, 5.41) is 1.34. The second-order valence-electron chi connectivity index (χ2n) is 10.2. The van der Waals surface area contributed by atoms with Crippen molar-refractivity contribution < 1.29 is 0 Å². The molecular formula is C36H33N2P. The summed E-state index contributed by atoms with van der Waals surface area (Å²) >= 11 is 0. The Balaban J connectivity index is 1.59. The first-order chi connectivity index (χ1) is 19.2. The van der Waals surface area contributed by atoms with Gasteiger partial charge in [0.05, 0.1) is 17.1 Å². The van der Waals surface area contributed by atoms with Gasteiger partial charge in [0.2, 0.25) is 0 Å². The average molecular weight is 525 g/mol. The van der Waals surface area contributed by atoms with Gasteiger partial charge < -0.3 is 4.67 Å². The Labute approximate surface area is 233 Å². The zero-order chi connectivity index (χ0) is 26.6. The number of aryl methyl sites for hydroxylation is 1. The molecule has 1 aliphatic heterocycles. The highest BCUT2D eigenvalue weighted by Crippen LogP contribution is 2.48. The van der Waals surface area contributed by atoms with Crippen LogP contribution in [0.25, 0.3) is 11.1 Å². The standard InChI is InChI=1S/C36H33N2P/c1-27-22-23-29-16-12-13-21-34(29)37-36(27)33-26-30(28-14-6-3-7-15-28)24-25-35(33)38(31-17-8-4-9-18-31)39(2)32-19-10-5-11-20-32/h3-21,24-27H,22-23H2,1-2H3. The van der Waals surface area contributed by atoms with E-state index in [-0.39, 0.29) is 0 Å². The van der Waals surface area contributed by atoms with Crippen LogP contribution in [0, 0.1) is 5.92 Å². The van der Waals surface area contributed by atoms with Crippen molar-refractivity contribution in [2.75, 3.05) is 11.3 Å². The van der Waals surface area contributed by atoms with E-state index >= 15 is 0 Å². The lowest BCUT2D eigenvalue weighted by Gasteiger charge is -2.34. The zero-order valence-electron chi connectivity index (χ0n) is 22.5. The molecule has 0 saturated carbocycles. The second kappa shape index (κ2) is 11.4. The minimum atomic E-state index is -0.688. The number of anilines is 2. The van der Waals surface area contributed by atoms with Crippen molar-refractivity contribution in [2.45, 2.75) is 19.8 Å². The van der Waals surface area contributed by atoms with E-state index in [2.05, 4.69) is 152 Å². The smallest absolute Gasteiger partial charge is 0.0665 e. The highest BCUT2D eigenvalue weighted by Gasteiger charge is 2.27. The van der Waals surface area contributed by atoms with Gasteiger partial charge in [0.1, 0.15) is 0 Å². The van der Waals surface area contributed by atoms with E-state index in [1.165, 1.54) is 44.6 Å². The molecule has 5 aromatic carbocycles. The fourth-order valence-corrected chi connectivity index (χ4v) is 7.26. The molecule has 0 aliphatic carbocycles. The number of fused-ring (bicyclic) bond motifs is 1. The largest absolute Gasteiger partial charge is 0.315 e. The van der Waals surface area contributed by atoms with E-state index in [9.17, 15) is 0 Å². The normalized spacial score (nSPS) is 15.5. The summed E-state index contributed by atoms with van der Waals surface area (Å²) in [5.74, 6) is 0.333. The summed E-state index contributed by atoms with van der Waals surface area (Å²) in [7, 11) is -0.688. The Morgan fingerprint density at radius 3 is 2.08 bits per heavy atom. The third-order valence-electron chi connectivity index (χ3n) is 7.58. The molecule has 0 radical (unpaired) electrons. The minimum absolute atomic E-state index is 0.333. The molecule has 0 fully saturated rings. The number of aliphatic imine (C=N–C) groups is 1. The maximum absolute atomic E-state index is 5.39. The van der Waals surface area contributed by atoms with Crippen LogP contribution in [0.5, 0.6) is 0 Å². The van der Waals surface area contributed by atoms with Gasteiger partial charge in [-0.2, -0.15) is 0 Å². The summed E-state index contributed by atoms with van der Waals surface area (Å²) < 4.78 is 2.54. The van der Waals surface area contributed by atoms with Crippen molar-refractivity contribution in [3.63, 3.8) is 0 Å². The van der Waals surface area contributed by atoms with Crippen molar-refractivity contribution >= 4 is 36.2 Å². The van der Waals surface area contributed by atoms with Crippen molar-refractivity contribution in [3.05, 3.63) is 145 Å². The van der Waals surface area contributed by atoms with Gasteiger partial charge >= 0.3 is 0 Å². The Bertz CT molecular complexity index is 1580. The monoisotopic (exact) mass is 524 g/mol. The number of rotatable bonds is 6. The van der Waals surface area contributed by atoms with Gasteiger partial charge in [-0.1, -0.05) is 110 Å². The SMILES string of the molecule is CC1CCc2ccccc2N=C1c1cc(-c2ccccc2)ccc1N(c1ccccc1)P(C)c1ccccc1. The quantitative estimate of drug-likeness (QED) is 0.202. The molecule has 2 unspecified atom stereocenters. The van der Waals surface area contributed by atoms with Gasteiger partial charge in [-0.3, -0.25) is 4.99 Å². The van der Waals surface area contributed by atoms with Crippen LogP contribution < -0.4 is 9.97 Å². The Morgan fingerprint density at radius 2 is 1.33 bits per heavy atom. The first kappa shape index (κ1) is 25.3. The van der Waals surface area contributed by atoms with E-state index in [0.717, 1.165) is 18.5 Å². The number of benzene rings is 5. The molecule has 0 bridgehead atoms. The molecule has 2 atom stereocenters. The molecule has 0 amide bonds. The number of para-hydroxylation sites is 2. The topological polar surface area (TPSA) is 15.6 Å². The average Bonchev–Trinajstić information content (AvgIpc) is 3.17. The van der Waals surface area contributed by atoms with Crippen LogP contribution in [0.1, 0.15) is 24.5 Å². The van der Waals surface area contributed by atoms with Crippen LogP contribution >= 0.6 is 8.07 Å². The molecule has 2 nitrogen and oxygen atoms in total. The second-order valence-corrected chi connectivity index (χ2v) is 12.1. The summed E-state index contributed by atoms with van der Waals surface area (Å²) in [4.78, 5) is 5.39. The molecule has 192 valence electrons. The first-order valence-electron chi connectivity index (χ1n) is 13.7. The van der Waals surface area contributed by atoms with Crippen LogP contribution in [0.15, 0.2) is 138 Å². The van der Waals surface area contributed by atoms with Gasteiger partial charge in [0.25, 0.3) is 0 Å². The third-order valence-corrected chi connectivity index (χ3v) is 9.68. The molecule has 0 spiro atoms. The molecule has 1 aliphatic rings. The Morgan fingerprint density at radius 1 is 0.692 bits per heavy atom. The molecule has 0 saturated heterocycles. The molecule has 0 aromatic heterocycles. The molecule has 6 rings (SSSR count). The van der Waals surface area contributed by atoms with E-state index in [1.807, 2.05) is 0 Å². The number of hydrogen-bond acceptors (Lipinski definition) is 2. The van der Waals surface area contributed by atoms with E-state index in [4.69, 9.17) is 4.99 Å². The summed E-state index contributed by atoms with van der Waals surface area (Å²) in [6, 6.07) is 48.0. The molecular weight excluding hydrogens is 491 g/mol. The minimum Gasteiger partial charge on any atom is -0.315 e. The van der Waals surface area contributed by atoms with Crippen LogP contribution in [0.2, 0.25) is 0 Å². The molecule has 39 heavy (non-hydrogen) atoms. The predicted octanol–water partition coefficient (Wildman–Crippen LogP) is 9.55.